The molecule has 0 aliphatic heterocycles. The second-order valence-electron chi connectivity index (χ2n) is 5.48. The van der Waals surface area contributed by atoms with E-state index in [1.54, 1.807) is 35.3 Å². The maximum absolute atomic E-state index is 12.2. The molecule has 3 aromatic rings. The maximum atomic E-state index is 12.2. The molecular weight excluding hydrogens is 384 g/mol. The fourth-order valence-corrected chi connectivity index (χ4v) is 2.73. The van der Waals surface area contributed by atoms with Crippen LogP contribution < -0.4 is 5.32 Å². The van der Waals surface area contributed by atoms with Crippen LogP contribution in [0.15, 0.2) is 59.3 Å². The second-order valence-corrected chi connectivity index (χ2v) is 6.40. The molecule has 2 aromatic carbocycles. The number of carbonyl (C=O) groups is 2. The highest BCUT2D eigenvalue weighted by molar-refractivity contribution is 9.10. The number of carbonyl (C=O) groups excluding carboxylic acids is 2. The number of aromatic nitrogens is 3. The molecule has 0 aliphatic rings. The van der Waals surface area contributed by atoms with Gasteiger partial charge in [-0.05, 0) is 36.8 Å². The van der Waals surface area contributed by atoms with Crippen molar-refractivity contribution in [2.45, 2.75) is 13.5 Å². The van der Waals surface area contributed by atoms with Crippen LogP contribution in [0.1, 0.15) is 33.2 Å². The van der Waals surface area contributed by atoms with Gasteiger partial charge in [0.1, 0.15) is 6.33 Å². The number of nitrogens with one attached hydrogen (secondary N) is 1. The number of nitrogens with zero attached hydrogens (tertiary/aromatic N) is 3. The lowest BCUT2D eigenvalue weighted by Gasteiger charge is -2.03. The van der Waals surface area contributed by atoms with Crippen LogP contribution in [0.2, 0.25) is 0 Å². The molecule has 6 nitrogen and oxygen atoms in total. The van der Waals surface area contributed by atoms with Crippen LogP contribution >= 0.6 is 15.9 Å². The summed E-state index contributed by atoms with van der Waals surface area (Å²) in [6.07, 6.45) is 1.56. The third-order valence-electron chi connectivity index (χ3n) is 3.55. The molecule has 1 aromatic heterocycles. The summed E-state index contributed by atoms with van der Waals surface area (Å²) >= 11 is 3.43. The first-order chi connectivity index (χ1) is 12.0. The largest absolute Gasteiger partial charge is 0.295 e. The quantitative estimate of drug-likeness (QED) is 0.666. The number of hydrogen-bond acceptors (Lipinski definition) is 4. The van der Waals surface area contributed by atoms with Crippen LogP contribution in [-0.4, -0.2) is 26.5 Å². The van der Waals surface area contributed by atoms with E-state index in [1.165, 1.54) is 6.92 Å². The highest BCUT2D eigenvalue weighted by atomic mass is 79.9. The summed E-state index contributed by atoms with van der Waals surface area (Å²) in [4.78, 5) is 27.6. The smallest absolute Gasteiger partial charge is 0.258 e. The predicted molar refractivity (Wildman–Crippen MR) is 97.7 cm³/mol. The number of ketones is 1. The Morgan fingerprint density at radius 3 is 2.52 bits per heavy atom. The zero-order valence-electron chi connectivity index (χ0n) is 13.4. The van der Waals surface area contributed by atoms with Crippen LogP contribution in [0.4, 0.5) is 5.95 Å². The highest BCUT2D eigenvalue weighted by Gasteiger charge is 2.10. The summed E-state index contributed by atoms with van der Waals surface area (Å²) < 4.78 is 2.64. The summed E-state index contributed by atoms with van der Waals surface area (Å²) in [5.74, 6) is -0.133. The van der Waals surface area contributed by atoms with E-state index in [9.17, 15) is 9.59 Å². The fourth-order valence-electron chi connectivity index (χ4n) is 2.28. The van der Waals surface area contributed by atoms with E-state index >= 15 is 0 Å². The first-order valence-corrected chi connectivity index (χ1v) is 8.37. The molecule has 0 unspecified atom stereocenters. The lowest BCUT2D eigenvalue weighted by Crippen LogP contribution is -2.13. The van der Waals surface area contributed by atoms with E-state index in [4.69, 9.17) is 0 Å². The summed E-state index contributed by atoms with van der Waals surface area (Å²) in [5.41, 5.74) is 2.07. The Morgan fingerprint density at radius 1 is 1.12 bits per heavy atom. The van der Waals surface area contributed by atoms with Gasteiger partial charge in [0, 0.05) is 15.6 Å². The van der Waals surface area contributed by atoms with Crippen molar-refractivity contribution in [2.75, 3.05) is 5.32 Å². The maximum Gasteiger partial charge on any atom is 0.258 e. The standard InChI is InChI=1S/C18H15BrN4O2/c1-12(24)14-5-7-15(8-6-14)17(25)21-18-20-11-23(22-18)10-13-3-2-4-16(19)9-13/h2-9,11H,10H2,1H3,(H,21,22,25). The number of amides is 1. The third kappa shape index (κ3) is 4.39. The Morgan fingerprint density at radius 2 is 1.84 bits per heavy atom. The molecule has 0 saturated heterocycles. The Hall–Kier alpha value is -2.80. The van der Waals surface area contributed by atoms with Gasteiger partial charge >= 0.3 is 0 Å². The normalized spacial score (nSPS) is 10.5. The second kappa shape index (κ2) is 7.40. The van der Waals surface area contributed by atoms with Crippen LogP contribution in [0.3, 0.4) is 0 Å². The minimum absolute atomic E-state index is 0.0417. The molecule has 0 spiro atoms. The SMILES string of the molecule is CC(=O)c1ccc(C(=O)Nc2ncn(Cc3cccc(Br)c3)n2)cc1. The number of Topliss-reactive ketones (excluding diaryl/α,β-unsaturated/α-hetero) is 1. The van der Waals surface area contributed by atoms with Gasteiger partial charge in [0.15, 0.2) is 5.78 Å². The van der Waals surface area contributed by atoms with Crippen molar-refractivity contribution in [3.63, 3.8) is 0 Å². The van der Waals surface area contributed by atoms with E-state index in [0.717, 1.165) is 10.0 Å². The molecule has 7 heteroatoms. The average Bonchev–Trinajstić information content (AvgIpc) is 3.01. The first-order valence-electron chi connectivity index (χ1n) is 7.57. The lowest BCUT2D eigenvalue weighted by molar-refractivity contribution is 0.100. The van der Waals surface area contributed by atoms with E-state index in [-0.39, 0.29) is 17.6 Å². The fraction of sp³-hybridized carbons (Fsp3) is 0.111. The van der Waals surface area contributed by atoms with Gasteiger partial charge in [-0.3, -0.25) is 14.9 Å². The van der Waals surface area contributed by atoms with Crippen molar-refractivity contribution in [3.8, 4) is 0 Å². The molecule has 0 radical (unpaired) electrons. The van der Waals surface area contributed by atoms with E-state index in [2.05, 4.69) is 31.3 Å². The van der Waals surface area contributed by atoms with Gasteiger partial charge in [-0.2, -0.15) is 0 Å². The molecule has 0 fully saturated rings. The van der Waals surface area contributed by atoms with Crippen molar-refractivity contribution in [1.29, 1.82) is 0 Å². The van der Waals surface area contributed by atoms with Crippen LogP contribution in [-0.2, 0) is 6.54 Å². The molecule has 1 heterocycles. The van der Waals surface area contributed by atoms with Crippen molar-refractivity contribution >= 4 is 33.6 Å². The number of rotatable bonds is 5. The van der Waals surface area contributed by atoms with Crippen molar-refractivity contribution < 1.29 is 9.59 Å². The minimum Gasteiger partial charge on any atom is -0.295 e. The van der Waals surface area contributed by atoms with Gasteiger partial charge in [-0.1, -0.05) is 40.2 Å². The van der Waals surface area contributed by atoms with Crippen LogP contribution in [0.5, 0.6) is 0 Å². The topological polar surface area (TPSA) is 76.9 Å². The summed E-state index contributed by atoms with van der Waals surface area (Å²) in [6.45, 7) is 2.03. The van der Waals surface area contributed by atoms with Gasteiger partial charge < -0.3 is 0 Å². The Balaban J connectivity index is 1.66. The predicted octanol–water partition coefficient (Wildman–Crippen LogP) is 3.54. The highest BCUT2D eigenvalue weighted by Crippen LogP contribution is 2.13. The van der Waals surface area contributed by atoms with E-state index in [1.807, 2.05) is 24.3 Å². The molecule has 1 N–H and O–H groups in total. The summed E-state index contributed by atoms with van der Waals surface area (Å²) in [5, 5.41) is 6.90. The zero-order chi connectivity index (χ0) is 17.8. The first kappa shape index (κ1) is 17.0. The van der Waals surface area contributed by atoms with Crippen molar-refractivity contribution in [1.82, 2.24) is 14.8 Å². The Kier molecular flexibility index (Phi) is 5.04. The number of hydrogen-bond donors (Lipinski definition) is 1. The summed E-state index contributed by atoms with van der Waals surface area (Å²) in [6, 6.07) is 14.3. The van der Waals surface area contributed by atoms with Crippen LogP contribution in [0.25, 0.3) is 0 Å². The van der Waals surface area contributed by atoms with Crippen molar-refractivity contribution in [3.05, 3.63) is 76.0 Å². The molecule has 1 amide bonds. The number of halogens is 1. The molecule has 0 aliphatic carbocycles. The lowest BCUT2D eigenvalue weighted by atomic mass is 10.1. The average molecular weight is 399 g/mol. The molecular formula is C18H15BrN4O2. The van der Waals surface area contributed by atoms with Crippen LogP contribution in [0, 0.1) is 0 Å². The van der Waals surface area contributed by atoms with E-state index < -0.39 is 0 Å². The molecule has 3 rings (SSSR count). The zero-order valence-corrected chi connectivity index (χ0v) is 15.0. The molecule has 25 heavy (non-hydrogen) atoms. The molecule has 0 saturated carbocycles. The summed E-state index contributed by atoms with van der Waals surface area (Å²) in [7, 11) is 0. The monoisotopic (exact) mass is 398 g/mol. The third-order valence-corrected chi connectivity index (χ3v) is 4.04. The van der Waals surface area contributed by atoms with Gasteiger partial charge in [0.05, 0.1) is 6.54 Å². The minimum atomic E-state index is -0.324. The van der Waals surface area contributed by atoms with E-state index in [0.29, 0.717) is 17.7 Å². The number of anilines is 1. The van der Waals surface area contributed by atoms with Gasteiger partial charge in [-0.25, -0.2) is 9.67 Å². The van der Waals surface area contributed by atoms with Gasteiger partial charge in [-0.15, -0.1) is 5.10 Å². The molecule has 0 atom stereocenters. The van der Waals surface area contributed by atoms with Gasteiger partial charge in [0.2, 0.25) is 5.95 Å². The Labute approximate surface area is 153 Å². The van der Waals surface area contributed by atoms with Gasteiger partial charge in [0.25, 0.3) is 5.91 Å². The van der Waals surface area contributed by atoms with Crippen molar-refractivity contribution in [2.24, 2.45) is 0 Å². The molecule has 126 valence electrons. The Bertz CT molecular complexity index is 919. The number of benzene rings is 2. The molecule has 0 bridgehead atoms.